The van der Waals surface area contributed by atoms with Gasteiger partial charge in [0, 0.05) is 31.7 Å². The van der Waals surface area contributed by atoms with Gasteiger partial charge in [0.05, 0.1) is 17.0 Å². The van der Waals surface area contributed by atoms with Crippen LogP contribution in [0.3, 0.4) is 0 Å². The van der Waals surface area contributed by atoms with Crippen LogP contribution in [0.4, 0.5) is 0 Å². The number of hydrogen-bond donors (Lipinski definition) is 0. The molecule has 1 aliphatic heterocycles. The van der Waals surface area contributed by atoms with Gasteiger partial charge in [0.1, 0.15) is 4.90 Å². The lowest BCUT2D eigenvalue weighted by molar-refractivity contribution is 0.0752. The lowest BCUT2D eigenvalue weighted by atomic mass is 10.0. The second-order valence-corrected chi connectivity index (χ2v) is 9.44. The molecule has 0 aliphatic carbocycles. The molecule has 2 rings (SSSR count). The van der Waals surface area contributed by atoms with Crippen LogP contribution >= 0.6 is 11.6 Å². The molecule has 2 unspecified atom stereocenters. The van der Waals surface area contributed by atoms with Crippen LogP contribution in [0.5, 0.6) is 0 Å². The van der Waals surface area contributed by atoms with Gasteiger partial charge in [-0.3, -0.25) is 4.79 Å². The summed E-state index contributed by atoms with van der Waals surface area (Å²) < 4.78 is 27.6. The highest BCUT2D eigenvalue weighted by Gasteiger charge is 2.31. The van der Waals surface area contributed by atoms with Crippen LogP contribution < -0.4 is 0 Å². The number of carbonyl (C=O) groups excluding carboxylic acids is 1. The Morgan fingerprint density at radius 2 is 2.19 bits per heavy atom. The van der Waals surface area contributed by atoms with E-state index >= 15 is 0 Å². The maximum absolute atomic E-state index is 13.1. The second kappa shape index (κ2) is 9.05. The van der Waals surface area contributed by atoms with Gasteiger partial charge in [0.2, 0.25) is 10.0 Å². The van der Waals surface area contributed by atoms with Crippen molar-refractivity contribution < 1.29 is 13.2 Å². The Hall–Kier alpha value is -1.62. The molecule has 0 radical (unpaired) electrons. The zero-order chi connectivity index (χ0) is 20.2. The Kier molecular flexibility index (Phi) is 7.26. The summed E-state index contributed by atoms with van der Waals surface area (Å²) in [4.78, 5) is 14.3. The lowest BCUT2D eigenvalue weighted by Crippen LogP contribution is -2.39. The lowest BCUT2D eigenvalue weighted by Gasteiger charge is -2.30. The zero-order valence-corrected chi connectivity index (χ0v) is 17.6. The molecule has 0 N–H and O–H groups in total. The third-order valence-corrected chi connectivity index (χ3v) is 7.15. The first kappa shape index (κ1) is 21.7. The van der Waals surface area contributed by atoms with Crippen molar-refractivity contribution in [1.82, 2.24) is 9.21 Å². The molecular weight excluding hydrogens is 386 g/mol. The molecular formula is C19H26ClN3O3S. The van der Waals surface area contributed by atoms with Crippen LogP contribution in [0, 0.1) is 23.2 Å². The molecule has 2 atom stereocenters. The van der Waals surface area contributed by atoms with E-state index in [1.807, 2.05) is 13.8 Å². The van der Waals surface area contributed by atoms with Crippen molar-refractivity contribution in [3.63, 3.8) is 0 Å². The van der Waals surface area contributed by atoms with Gasteiger partial charge in [0.15, 0.2) is 0 Å². The molecule has 148 valence electrons. The predicted octanol–water partition coefficient (Wildman–Crippen LogP) is 3.38. The number of carbonyl (C=O) groups is 1. The van der Waals surface area contributed by atoms with Crippen molar-refractivity contribution in [2.45, 2.75) is 38.5 Å². The van der Waals surface area contributed by atoms with E-state index in [0.29, 0.717) is 32.1 Å². The van der Waals surface area contributed by atoms with Crippen LogP contribution in [-0.4, -0.2) is 49.7 Å². The smallest absolute Gasteiger partial charge is 0.253 e. The summed E-state index contributed by atoms with van der Waals surface area (Å²) in [6, 6.07) is 6.46. The van der Waals surface area contributed by atoms with Crippen LogP contribution in [-0.2, 0) is 10.0 Å². The topological polar surface area (TPSA) is 81.5 Å². The number of nitrogens with zero attached hydrogens (tertiary/aromatic N) is 3. The molecule has 0 spiro atoms. The highest BCUT2D eigenvalue weighted by molar-refractivity contribution is 7.89. The number of halogens is 1. The van der Waals surface area contributed by atoms with Crippen molar-refractivity contribution >= 4 is 27.5 Å². The van der Waals surface area contributed by atoms with E-state index in [-0.39, 0.29) is 27.3 Å². The third-order valence-electron chi connectivity index (χ3n) is 4.80. The van der Waals surface area contributed by atoms with Crippen LogP contribution in [0.25, 0.3) is 0 Å². The first-order valence-corrected chi connectivity index (χ1v) is 11.0. The monoisotopic (exact) mass is 411 g/mol. The zero-order valence-electron chi connectivity index (χ0n) is 16.0. The van der Waals surface area contributed by atoms with E-state index in [2.05, 4.69) is 6.07 Å². The van der Waals surface area contributed by atoms with Crippen LogP contribution in [0.1, 0.15) is 44.0 Å². The molecule has 8 heteroatoms. The highest BCUT2D eigenvalue weighted by Crippen LogP contribution is 2.29. The quantitative estimate of drug-likeness (QED) is 0.718. The fourth-order valence-corrected chi connectivity index (χ4v) is 5.35. The molecule has 1 saturated heterocycles. The summed E-state index contributed by atoms with van der Waals surface area (Å²) in [5.41, 5.74) is 0.259. The van der Waals surface area contributed by atoms with Crippen molar-refractivity contribution in [3.8, 4) is 6.07 Å². The summed E-state index contributed by atoms with van der Waals surface area (Å²) >= 11 is 6.19. The number of sulfonamides is 1. The van der Waals surface area contributed by atoms with Gasteiger partial charge in [-0.1, -0.05) is 18.5 Å². The maximum atomic E-state index is 13.1. The van der Waals surface area contributed by atoms with E-state index in [1.54, 1.807) is 6.92 Å². The van der Waals surface area contributed by atoms with Gasteiger partial charge in [0.25, 0.3) is 5.91 Å². The normalized spacial score (nSPS) is 19.3. The molecule has 0 aromatic heterocycles. The maximum Gasteiger partial charge on any atom is 0.253 e. The summed E-state index contributed by atoms with van der Waals surface area (Å²) in [5.74, 6) is -0.320. The molecule has 0 bridgehead atoms. The minimum absolute atomic E-state index is 0.0338. The van der Waals surface area contributed by atoms with E-state index in [0.717, 1.165) is 12.8 Å². The van der Waals surface area contributed by atoms with Gasteiger partial charge < -0.3 is 4.90 Å². The van der Waals surface area contributed by atoms with Gasteiger partial charge in [-0.15, -0.1) is 0 Å². The largest absolute Gasteiger partial charge is 0.338 e. The van der Waals surface area contributed by atoms with E-state index in [4.69, 9.17) is 16.9 Å². The fourth-order valence-electron chi connectivity index (χ4n) is 3.25. The highest BCUT2D eigenvalue weighted by atomic mass is 35.5. The van der Waals surface area contributed by atoms with E-state index in [1.165, 1.54) is 27.4 Å². The van der Waals surface area contributed by atoms with Gasteiger partial charge in [-0.2, -0.15) is 9.57 Å². The third kappa shape index (κ3) is 5.01. The first-order chi connectivity index (χ1) is 12.7. The van der Waals surface area contributed by atoms with E-state index < -0.39 is 10.0 Å². The van der Waals surface area contributed by atoms with Crippen molar-refractivity contribution in [1.29, 1.82) is 5.26 Å². The Bertz CT molecular complexity index is 835. The number of piperidine rings is 1. The molecule has 1 aliphatic rings. The molecule has 6 nitrogen and oxygen atoms in total. The number of nitriles is 1. The molecule has 1 aromatic carbocycles. The standard InChI is InChI=1S/C19H26ClN3O3S/c1-4-22(12-15(3)11-21)19(24)16-7-8-17(20)18(10-16)27(25,26)23-9-5-6-14(2)13-23/h7-8,10,14-15H,4-6,9,12-13H2,1-3H3. The van der Waals surface area contributed by atoms with Crippen molar-refractivity contribution in [2.24, 2.45) is 11.8 Å². The van der Waals surface area contributed by atoms with Gasteiger partial charge >= 0.3 is 0 Å². The Balaban J connectivity index is 2.35. The number of amides is 1. The first-order valence-electron chi connectivity index (χ1n) is 9.19. The van der Waals surface area contributed by atoms with Crippen LogP contribution in [0.15, 0.2) is 23.1 Å². The summed E-state index contributed by atoms with van der Waals surface area (Å²) in [6.45, 7) is 7.23. The number of benzene rings is 1. The molecule has 1 amide bonds. The molecule has 0 saturated carbocycles. The predicted molar refractivity (Wildman–Crippen MR) is 105 cm³/mol. The molecule has 1 aromatic rings. The Morgan fingerprint density at radius 3 is 2.78 bits per heavy atom. The SMILES string of the molecule is CCN(CC(C)C#N)C(=O)c1ccc(Cl)c(S(=O)(=O)N2CCCC(C)C2)c1. The fraction of sp³-hybridized carbons (Fsp3) is 0.579. The summed E-state index contributed by atoms with van der Waals surface area (Å²) in [6.07, 6.45) is 1.81. The molecule has 1 heterocycles. The number of hydrogen-bond acceptors (Lipinski definition) is 4. The minimum Gasteiger partial charge on any atom is -0.338 e. The number of rotatable bonds is 6. The second-order valence-electron chi connectivity index (χ2n) is 7.13. The average Bonchev–Trinajstić information content (AvgIpc) is 2.65. The van der Waals surface area contributed by atoms with E-state index in [9.17, 15) is 13.2 Å². The van der Waals surface area contributed by atoms with Gasteiger partial charge in [-0.25, -0.2) is 8.42 Å². The molecule has 1 fully saturated rings. The minimum atomic E-state index is -3.76. The van der Waals surface area contributed by atoms with Crippen molar-refractivity contribution in [2.75, 3.05) is 26.2 Å². The summed E-state index contributed by atoms with van der Waals surface area (Å²) in [7, 11) is -3.76. The summed E-state index contributed by atoms with van der Waals surface area (Å²) in [5, 5.41) is 9.10. The van der Waals surface area contributed by atoms with Crippen molar-refractivity contribution in [3.05, 3.63) is 28.8 Å². The Morgan fingerprint density at radius 1 is 1.48 bits per heavy atom. The van der Waals surface area contributed by atoms with Crippen LogP contribution in [0.2, 0.25) is 5.02 Å². The Labute approximate surface area is 166 Å². The molecule has 27 heavy (non-hydrogen) atoms. The van der Waals surface area contributed by atoms with Gasteiger partial charge in [-0.05, 0) is 50.8 Å². The average molecular weight is 412 g/mol.